The van der Waals surface area contributed by atoms with Gasteiger partial charge in [-0.1, -0.05) is 30.3 Å². The highest BCUT2D eigenvalue weighted by Crippen LogP contribution is 2.30. The Morgan fingerprint density at radius 1 is 1.15 bits per heavy atom. The number of nitrogens with zero attached hydrogens (tertiary/aromatic N) is 1. The van der Waals surface area contributed by atoms with Gasteiger partial charge in [0.25, 0.3) is 0 Å². The lowest BCUT2D eigenvalue weighted by Crippen LogP contribution is -2.31. The maximum atomic E-state index is 14.7. The summed E-state index contributed by atoms with van der Waals surface area (Å²) >= 11 is 0. The fourth-order valence-electron chi connectivity index (χ4n) is 2.63. The lowest BCUT2D eigenvalue weighted by molar-refractivity contribution is 0.266. The molecular formula is C20H20FN3O2S. The van der Waals surface area contributed by atoms with Crippen LogP contribution in [0.5, 0.6) is 0 Å². The second-order valence-corrected chi connectivity index (χ2v) is 7.35. The van der Waals surface area contributed by atoms with Gasteiger partial charge in [-0.05, 0) is 42.3 Å². The van der Waals surface area contributed by atoms with Crippen LogP contribution in [0.2, 0.25) is 0 Å². The molecule has 5 nitrogen and oxygen atoms in total. The molecule has 1 heterocycles. The third kappa shape index (κ3) is 4.39. The number of nitrogen functional groups attached to an aromatic ring is 1. The third-order valence-corrected chi connectivity index (χ3v) is 5.42. The average Bonchev–Trinajstić information content (AvgIpc) is 2.68. The summed E-state index contributed by atoms with van der Waals surface area (Å²) in [5.41, 5.74) is 7.89. The van der Waals surface area contributed by atoms with Crippen LogP contribution in [-0.4, -0.2) is 26.9 Å². The van der Waals surface area contributed by atoms with Crippen molar-refractivity contribution in [1.82, 2.24) is 9.71 Å². The molecule has 0 radical (unpaired) electrons. The lowest BCUT2D eigenvalue weighted by Gasteiger charge is -2.14. The van der Waals surface area contributed by atoms with E-state index in [9.17, 15) is 8.60 Å². The number of aliphatic hydroxyl groups is 1. The predicted molar refractivity (Wildman–Crippen MR) is 106 cm³/mol. The van der Waals surface area contributed by atoms with Gasteiger partial charge in [0, 0.05) is 23.4 Å². The van der Waals surface area contributed by atoms with Gasteiger partial charge in [0.15, 0.2) is 0 Å². The molecule has 0 saturated heterocycles. The number of aromatic nitrogens is 1. The maximum Gasteiger partial charge on any atom is 0.131 e. The molecule has 2 unspecified atom stereocenters. The number of aliphatic hydroxyl groups excluding tert-OH is 1. The average molecular weight is 385 g/mol. The minimum atomic E-state index is -1.53. The first-order chi connectivity index (χ1) is 13.0. The van der Waals surface area contributed by atoms with Crippen molar-refractivity contribution in [3.05, 3.63) is 66.6 Å². The van der Waals surface area contributed by atoms with E-state index >= 15 is 0 Å². The highest BCUT2D eigenvalue weighted by Gasteiger charge is 2.15. The summed E-state index contributed by atoms with van der Waals surface area (Å²) in [5.74, 6) is -0.0341. The summed E-state index contributed by atoms with van der Waals surface area (Å²) in [5, 5.41) is 9.15. The first-order valence-electron chi connectivity index (χ1n) is 8.39. The van der Waals surface area contributed by atoms with Crippen molar-refractivity contribution >= 4 is 16.8 Å². The number of benzene rings is 2. The van der Waals surface area contributed by atoms with E-state index in [0.29, 0.717) is 33.0 Å². The van der Waals surface area contributed by atoms with Crippen LogP contribution in [-0.2, 0) is 11.0 Å². The fraction of sp³-hybridized carbons (Fsp3) is 0.150. The van der Waals surface area contributed by atoms with E-state index in [1.807, 2.05) is 0 Å². The van der Waals surface area contributed by atoms with Crippen molar-refractivity contribution in [3.63, 3.8) is 0 Å². The minimum absolute atomic E-state index is 0.132. The summed E-state index contributed by atoms with van der Waals surface area (Å²) in [6.45, 7) is 1.60. The van der Waals surface area contributed by atoms with Crippen LogP contribution in [0, 0.1) is 5.82 Å². The highest BCUT2D eigenvalue weighted by molar-refractivity contribution is 7.83. The number of pyridine rings is 1. The molecule has 7 heteroatoms. The van der Waals surface area contributed by atoms with Crippen molar-refractivity contribution in [1.29, 1.82) is 0 Å². The number of hydrogen-bond acceptors (Lipinski definition) is 4. The van der Waals surface area contributed by atoms with Crippen molar-refractivity contribution in [3.8, 4) is 22.3 Å². The van der Waals surface area contributed by atoms with Crippen molar-refractivity contribution in [2.45, 2.75) is 17.9 Å². The van der Waals surface area contributed by atoms with Crippen molar-refractivity contribution in [2.75, 3.05) is 12.3 Å². The molecule has 0 bridgehead atoms. The van der Waals surface area contributed by atoms with Crippen molar-refractivity contribution < 1.29 is 13.7 Å². The number of anilines is 1. The fourth-order valence-corrected chi connectivity index (χ4v) is 3.79. The van der Waals surface area contributed by atoms with Crippen LogP contribution in [0.4, 0.5) is 10.2 Å². The summed E-state index contributed by atoms with van der Waals surface area (Å²) in [6, 6.07) is 15.0. The molecule has 0 aliphatic carbocycles. The Morgan fingerprint density at radius 3 is 2.56 bits per heavy atom. The molecule has 2 atom stereocenters. The highest BCUT2D eigenvalue weighted by atomic mass is 32.2. The first kappa shape index (κ1) is 19.2. The standard InChI is InChI=1S/C20H20FN3O2S/c1-13(12-25)24-27(26)19-5-3-2-4-17(19)14-6-8-16(18(21)10-14)15-7-9-20(22)23-11-15/h2-11,13,24-25H,12H2,1H3,(H2,22,23). The van der Waals surface area contributed by atoms with E-state index in [4.69, 9.17) is 10.8 Å². The van der Waals surface area contributed by atoms with E-state index in [-0.39, 0.29) is 12.6 Å². The number of nitrogens with two attached hydrogens (primary N) is 1. The molecule has 1 aromatic heterocycles. The molecule has 0 aliphatic heterocycles. The number of hydrogen-bond donors (Lipinski definition) is 3. The quantitative estimate of drug-likeness (QED) is 0.608. The van der Waals surface area contributed by atoms with Crippen LogP contribution >= 0.6 is 0 Å². The van der Waals surface area contributed by atoms with Gasteiger partial charge < -0.3 is 10.8 Å². The maximum absolute atomic E-state index is 14.7. The molecule has 0 spiro atoms. The zero-order chi connectivity index (χ0) is 19.4. The van der Waals surface area contributed by atoms with Crippen LogP contribution in [0.3, 0.4) is 0 Å². The normalized spacial score (nSPS) is 13.3. The molecule has 140 valence electrons. The topological polar surface area (TPSA) is 88.2 Å². The van der Waals surface area contributed by atoms with Gasteiger partial charge in [-0.3, -0.25) is 0 Å². The Kier molecular flexibility index (Phi) is 5.95. The minimum Gasteiger partial charge on any atom is -0.395 e. The van der Waals surface area contributed by atoms with Crippen LogP contribution in [0.25, 0.3) is 22.3 Å². The third-order valence-electron chi connectivity index (χ3n) is 4.05. The van der Waals surface area contributed by atoms with Crippen LogP contribution < -0.4 is 10.5 Å². The van der Waals surface area contributed by atoms with Gasteiger partial charge in [-0.2, -0.15) is 0 Å². The molecule has 2 aromatic carbocycles. The second kappa shape index (κ2) is 8.39. The smallest absolute Gasteiger partial charge is 0.131 e. The molecule has 0 amide bonds. The summed E-state index contributed by atoms with van der Waals surface area (Å²) in [6.07, 6.45) is 1.52. The molecule has 0 aliphatic rings. The molecule has 0 fully saturated rings. The van der Waals surface area contributed by atoms with E-state index in [2.05, 4.69) is 9.71 Å². The summed E-state index contributed by atoms with van der Waals surface area (Å²) < 4.78 is 30.1. The molecular weight excluding hydrogens is 365 g/mol. The Bertz CT molecular complexity index is 964. The monoisotopic (exact) mass is 385 g/mol. The van der Waals surface area contributed by atoms with Crippen LogP contribution in [0.1, 0.15) is 6.92 Å². The Morgan fingerprint density at radius 2 is 1.89 bits per heavy atom. The number of halogens is 1. The molecule has 27 heavy (non-hydrogen) atoms. The Labute approximate surface area is 159 Å². The Balaban J connectivity index is 1.97. The van der Waals surface area contributed by atoms with E-state index in [1.54, 1.807) is 55.5 Å². The molecule has 3 rings (SSSR count). The van der Waals surface area contributed by atoms with E-state index < -0.39 is 16.8 Å². The van der Waals surface area contributed by atoms with Gasteiger partial charge >= 0.3 is 0 Å². The zero-order valence-corrected chi connectivity index (χ0v) is 15.5. The number of nitrogens with one attached hydrogen (secondary N) is 1. The number of rotatable bonds is 6. The van der Waals surface area contributed by atoms with Gasteiger partial charge in [0.2, 0.25) is 0 Å². The molecule has 0 saturated carbocycles. The van der Waals surface area contributed by atoms with Crippen molar-refractivity contribution in [2.24, 2.45) is 0 Å². The largest absolute Gasteiger partial charge is 0.395 e. The van der Waals surface area contributed by atoms with E-state index in [1.165, 1.54) is 12.3 Å². The molecule has 4 N–H and O–H groups in total. The Hall–Kier alpha value is -2.61. The van der Waals surface area contributed by atoms with Gasteiger partial charge in [0.05, 0.1) is 11.5 Å². The second-order valence-electron chi connectivity index (χ2n) is 6.13. The van der Waals surface area contributed by atoms with Gasteiger partial charge in [-0.15, -0.1) is 0 Å². The molecule has 3 aromatic rings. The van der Waals surface area contributed by atoms with Crippen LogP contribution in [0.15, 0.2) is 65.7 Å². The summed E-state index contributed by atoms with van der Waals surface area (Å²) in [4.78, 5) is 4.52. The van der Waals surface area contributed by atoms with Gasteiger partial charge in [0.1, 0.15) is 22.6 Å². The lowest BCUT2D eigenvalue weighted by atomic mass is 10.0. The van der Waals surface area contributed by atoms with Gasteiger partial charge in [-0.25, -0.2) is 18.3 Å². The summed E-state index contributed by atoms with van der Waals surface area (Å²) in [7, 11) is -1.53. The zero-order valence-electron chi connectivity index (χ0n) is 14.7. The first-order valence-corrected chi connectivity index (χ1v) is 9.54. The predicted octanol–water partition coefficient (Wildman–Crippen LogP) is 3.13. The SMILES string of the molecule is CC(CO)NS(=O)c1ccccc1-c1ccc(-c2ccc(N)nc2)c(F)c1. The van der Waals surface area contributed by atoms with E-state index in [0.717, 1.165) is 0 Å².